The van der Waals surface area contributed by atoms with Gasteiger partial charge in [0.15, 0.2) is 0 Å². The third-order valence-electron chi connectivity index (χ3n) is 2.97. The molecule has 2 aromatic rings. The monoisotopic (exact) mass is 229 g/mol. The topological polar surface area (TPSA) is 23.5 Å². The number of aliphatic hydroxyl groups is 1. The lowest BCUT2D eigenvalue weighted by Crippen LogP contribution is -2.30. The molecule has 0 heterocycles. The van der Waals surface area contributed by atoms with Crippen LogP contribution in [-0.2, 0) is 0 Å². The third kappa shape index (κ3) is 2.59. The number of nitrogens with zero attached hydrogens (tertiary/aromatic N) is 1. The zero-order valence-corrected chi connectivity index (χ0v) is 10.4. The molecule has 2 nitrogen and oxygen atoms in total. The Hall–Kier alpha value is -1.54. The minimum atomic E-state index is -0.311. The molecular weight excluding hydrogens is 210 g/mol. The first kappa shape index (κ1) is 11.9. The molecule has 2 aromatic carbocycles. The Bertz CT molecular complexity index is 488. The SMILES string of the molecule is CCN(C[C@@H](C)O)c1cccc2ccccc12. The molecule has 0 aliphatic rings. The van der Waals surface area contributed by atoms with E-state index in [1.165, 1.54) is 16.5 Å². The first-order valence-corrected chi connectivity index (χ1v) is 6.13. The Morgan fingerprint density at radius 3 is 2.53 bits per heavy atom. The van der Waals surface area contributed by atoms with Gasteiger partial charge in [-0.3, -0.25) is 0 Å². The van der Waals surface area contributed by atoms with Gasteiger partial charge in [-0.1, -0.05) is 36.4 Å². The van der Waals surface area contributed by atoms with Crippen molar-refractivity contribution in [3.8, 4) is 0 Å². The Balaban J connectivity index is 2.46. The van der Waals surface area contributed by atoms with E-state index in [0.29, 0.717) is 6.54 Å². The van der Waals surface area contributed by atoms with Gasteiger partial charge in [-0.25, -0.2) is 0 Å². The minimum Gasteiger partial charge on any atom is -0.392 e. The first-order valence-electron chi connectivity index (χ1n) is 6.13. The molecule has 0 bridgehead atoms. The van der Waals surface area contributed by atoms with Gasteiger partial charge in [0, 0.05) is 24.2 Å². The summed E-state index contributed by atoms with van der Waals surface area (Å²) in [5.41, 5.74) is 1.20. The molecule has 2 heteroatoms. The summed E-state index contributed by atoms with van der Waals surface area (Å²) in [4.78, 5) is 2.22. The minimum absolute atomic E-state index is 0.311. The molecule has 0 aliphatic carbocycles. The molecule has 0 saturated heterocycles. The van der Waals surface area contributed by atoms with Crippen molar-refractivity contribution in [3.63, 3.8) is 0 Å². The number of likely N-dealkylation sites (N-methyl/N-ethyl adjacent to an activating group) is 1. The molecule has 0 aliphatic heterocycles. The Kier molecular flexibility index (Phi) is 3.64. The molecule has 0 radical (unpaired) electrons. The molecule has 0 spiro atoms. The lowest BCUT2D eigenvalue weighted by atomic mass is 10.1. The predicted molar refractivity (Wildman–Crippen MR) is 73.5 cm³/mol. The van der Waals surface area contributed by atoms with Crippen LogP contribution in [0.1, 0.15) is 13.8 Å². The molecule has 0 fully saturated rings. The smallest absolute Gasteiger partial charge is 0.0687 e. The molecule has 2 rings (SSSR count). The van der Waals surface area contributed by atoms with Crippen LogP contribution in [0.3, 0.4) is 0 Å². The number of benzene rings is 2. The first-order chi connectivity index (χ1) is 8.22. The van der Waals surface area contributed by atoms with Crippen molar-refractivity contribution in [3.05, 3.63) is 42.5 Å². The highest BCUT2D eigenvalue weighted by Crippen LogP contribution is 2.26. The standard InChI is InChI=1S/C15H19NO/c1-3-16(11-12(2)17)15-10-6-8-13-7-4-5-9-14(13)15/h4-10,12,17H,3,11H2,1-2H3/t12-/m1/s1. The number of hydrogen-bond donors (Lipinski definition) is 1. The zero-order chi connectivity index (χ0) is 12.3. The molecule has 0 amide bonds. The van der Waals surface area contributed by atoms with Crippen molar-refractivity contribution in [1.82, 2.24) is 0 Å². The highest BCUT2D eigenvalue weighted by Gasteiger charge is 2.09. The van der Waals surface area contributed by atoms with Gasteiger partial charge in [0.05, 0.1) is 6.10 Å². The number of rotatable bonds is 4. The van der Waals surface area contributed by atoms with Gasteiger partial charge in [0.25, 0.3) is 0 Å². The van der Waals surface area contributed by atoms with E-state index in [4.69, 9.17) is 0 Å². The number of aliphatic hydroxyl groups excluding tert-OH is 1. The lowest BCUT2D eigenvalue weighted by molar-refractivity contribution is 0.200. The highest BCUT2D eigenvalue weighted by molar-refractivity contribution is 5.94. The summed E-state index contributed by atoms with van der Waals surface area (Å²) in [5.74, 6) is 0. The van der Waals surface area contributed by atoms with Crippen LogP contribution in [0.5, 0.6) is 0 Å². The van der Waals surface area contributed by atoms with Crippen molar-refractivity contribution in [1.29, 1.82) is 0 Å². The van der Waals surface area contributed by atoms with E-state index < -0.39 is 0 Å². The van der Waals surface area contributed by atoms with Crippen molar-refractivity contribution < 1.29 is 5.11 Å². The quantitative estimate of drug-likeness (QED) is 0.871. The summed E-state index contributed by atoms with van der Waals surface area (Å²) >= 11 is 0. The highest BCUT2D eigenvalue weighted by atomic mass is 16.3. The second kappa shape index (κ2) is 5.19. The van der Waals surface area contributed by atoms with Crippen molar-refractivity contribution in [2.45, 2.75) is 20.0 Å². The summed E-state index contributed by atoms with van der Waals surface area (Å²) in [6.45, 7) is 5.52. The van der Waals surface area contributed by atoms with E-state index in [-0.39, 0.29) is 6.10 Å². The van der Waals surface area contributed by atoms with Gasteiger partial charge in [0.2, 0.25) is 0 Å². The molecule has 17 heavy (non-hydrogen) atoms. The molecule has 90 valence electrons. The van der Waals surface area contributed by atoms with Crippen LogP contribution in [0.15, 0.2) is 42.5 Å². The van der Waals surface area contributed by atoms with Gasteiger partial charge >= 0.3 is 0 Å². The summed E-state index contributed by atoms with van der Waals surface area (Å²) in [6, 6.07) is 14.7. The van der Waals surface area contributed by atoms with Crippen molar-refractivity contribution >= 4 is 16.5 Å². The summed E-state index contributed by atoms with van der Waals surface area (Å²) in [5, 5.41) is 12.0. The molecule has 1 N–H and O–H groups in total. The fourth-order valence-corrected chi connectivity index (χ4v) is 2.20. The van der Waals surface area contributed by atoms with Gasteiger partial charge in [0.1, 0.15) is 0 Å². The predicted octanol–water partition coefficient (Wildman–Crippen LogP) is 3.05. The maximum Gasteiger partial charge on any atom is 0.0687 e. The Morgan fingerprint density at radius 2 is 1.82 bits per heavy atom. The van der Waals surface area contributed by atoms with Crippen LogP contribution in [-0.4, -0.2) is 24.3 Å². The fraction of sp³-hybridized carbons (Fsp3) is 0.333. The van der Waals surface area contributed by atoms with E-state index in [2.05, 4.69) is 54.3 Å². The molecule has 0 aromatic heterocycles. The van der Waals surface area contributed by atoms with E-state index in [1.807, 2.05) is 6.92 Å². The molecule has 1 atom stereocenters. The van der Waals surface area contributed by atoms with Crippen molar-refractivity contribution in [2.75, 3.05) is 18.0 Å². The molecule has 0 unspecified atom stereocenters. The average Bonchev–Trinajstić information content (AvgIpc) is 2.35. The lowest BCUT2D eigenvalue weighted by Gasteiger charge is -2.26. The summed E-state index contributed by atoms with van der Waals surface area (Å²) in [7, 11) is 0. The van der Waals surface area contributed by atoms with Crippen LogP contribution in [0.2, 0.25) is 0 Å². The van der Waals surface area contributed by atoms with Gasteiger partial charge in [-0.2, -0.15) is 0 Å². The normalized spacial score (nSPS) is 12.6. The fourth-order valence-electron chi connectivity index (χ4n) is 2.20. The van der Waals surface area contributed by atoms with E-state index in [1.54, 1.807) is 0 Å². The van der Waals surface area contributed by atoms with Crippen LogP contribution in [0.25, 0.3) is 10.8 Å². The van der Waals surface area contributed by atoms with Crippen LogP contribution >= 0.6 is 0 Å². The second-order valence-electron chi connectivity index (χ2n) is 4.39. The van der Waals surface area contributed by atoms with Crippen LogP contribution in [0.4, 0.5) is 5.69 Å². The van der Waals surface area contributed by atoms with Crippen LogP contribution < -0.4 is 4.90 Å². The zero-order valence-electron chi connectivity index (χ0n) is 10.4. The number of fused-ring (bicyclic) bond motifs is 1. The third-order valence-corrected chi connectivity index (χ3v) is 2.97. The second-order valence-corrected chi connectivity index (χ2v) is 4.39. The average molecular weight is 229 g/mol. The number of hydrogen-bond acceptors (Lipinski definition) is 2. The maximum atomic E-state index is 9.55. The van der Waals surface area contributed by atoms with Crippen molar-refractivity contribution in [2.24, 2.45) is 0 Å². The maximum absolute atomic E-state index is 9.55. The largest absolute Gasteiger partial charge is 0.392 e. The van der Waals surface area contributed by atoms with E-state index in [0.717, 1.165) is 6.54 Å². The van der Waals surface area contributed by atoms with Gasteiger partial charge in [-0.05, 0) is 25.3 Å². The van der Waals surface area contributed by atoms with Gasteiger partial charge in [-0.15, -0.1) is 0 Å². The summed E-state index contributed by atoms with van der Waals surface area (Å²) in [6.07, 6.45) is -0.311. The van der Waals surface area contributed by atoms with E-state index >= 15 is 0 Å². The molecular formula is C15H19NO. The van der Waals surface area contributed by atoms with Gasteiger partial charge < -0.3 is 10.0 Å². The number of anilines is 1. The van der Waals surface area contributed by atoms with E-state index in [9.17, 15) is 5.11 Å². The Labute approximate surface area is 102 Å². The van der Waals surface area contributed by atoms with Crippen LogP contribution in [0, 0.1) is 0 Å². The summed E-state index contributed by atoms with van der Waals surface area (Å²) < 4.78 is 0. The molecule has 0 saturated carbocycles. The Morgan fingerprint density at radius 1 is 1.12 bits per heavy atom.